The Morgan fingerprint density at radius 3 is 2.25 bits per heavy atom. The molecule has 0 radical (unpaired) electrons. The second-order valence-corrected chi connectivity index (χ2v) is 6.88. The second-order valence-electron chi connectivity index (χ2n) is 6.88. The minimum absolute atomic E-state index is 0.0229. The van der Waals surface area contributed by atoms with E-state index in [9.17, 15) is 30.3 Å². The molecule has 0 saturated carbocycles. The standard InChI is InChI=1S/C19H22N2O7/c1-21(2)4-3-20-16-18(27)15-11(23)7-10(22)8-14(15)28-19(16)9-5-12(24)17(26)13(25)6-9/h5-8,16,19-20,22-26H,3-4H2,1-2H3/t16-,19-/m1/s1. The smallest absolute Gasteiger partial charge is 0.200 e. The van der Waals surface area contributed by atoms with E-state index in [-0.39, 0.29) is 22.6 Å². The Balaban J connectivity index is 2.05. The van der Waals surface area contributed by atoms with Gasteiger partial charge in [0.15, 0.2) is 23.0 Å². The van der Waals surface area contributed by atoms with Crippen LogP contribution in [0.1, 0.15) is 22.0 Å². The van der Waals surface area contributed by atoms with E-state index >= 15 is 0 Å². The molecular weight excluding hydrogens is 368 g/mol. The van der Waals surface area contributed by atoms with Gasteiger partial charge in [-0.25, -0.2) is 0 Å². The van der Waals surface area contributed by atoms with E-state index in [1.807, 2.05) is 19.0 Å². The number of phenols is 5. The zero-order chi connectivity index (χ0) is 20.6. The van der Waals surface area contributed by atoms with Gasteiger partial charge in [0.2, 0.25) is 0 Å². The Kier molecular flexibility index (Phi) is 5.21. The Hall–Kier alpha value is -3.17. The third-order valence-electron chi connectivity index (χ3n) is 4.50. The lowest BCUT2D eigenvalue weighted by molar-refractivity contribution is 0.0725. The van der Waals surface area contributed by atoms with E-state index in [2.05, 4.69) is 5.32 Å². The topological polar surface area (TPSA) is 143 Å². The first-order valence-electron chi connectivity index (χ1n) is 8.58. The molecule has 150 valence electrons. The molecular formula is C19H22N2O7. The van der Waals surface area contributed by atoms with Gasteiger partial charge in [0, 0.05) is 30.8 Å². The molecule has 2 aromatic carbocycles. The zero-order valence-electron chi connectivity index (χ0n) is 15.4. The molecule has 1 aliphatic rings. The van der Waals surface area contributed by atoms with Gasteiger partial charge in [-0.2, -0.15) is 0 Å². The molecule has 9 heteroatoms. The molecule has 0 fully saturated rings. The van der Waals surface area contributed by atoms with Crippen LogP contribution in [0.4, 0.5) is 0 Å². The van der Waals surface area contributed by atoms with Crippen LogP contribution >= 0.6 is 0 Å². The third-order valence-corrected chi connectivity index (χ3v) is 4.50. The minimum atomic E-state index is -0.985. The van der Waals surface area contributed by atoms with Gasteiger partial charge in [-0.1, -0.05) is 0 Å². The van der Waals surface area contributed by atoms with Gasteiger partial charge in [0.25, 0.3) is 0 Å². The van der Waals surface area contributed by atoms with Crippen LogP contribution in [0.2, 0.25) is 0 Å². The molecule has 2 aromatic rings. The van der Waals surface area contributed by atoms with Crippen LogP contribution in [0.25, 0.3) is 0 Å². The fourth-order valence-electron chi connectivity index (χ4n) is 3.12. The summed E-state index contributed by atoms with van der Waals surface area (Å²) in [6.45, 7) is 1.05. The van der Waals surface area contributed by atoms with E-state index in [0.717, 1.165) is 6.07 Å². The Morgan fingerprint density at radius 2 is 1.64 bits per heavy atom. The monoisotopic (exact) mass is 390 g/mol. The maximum atomic E-state index is 13.1. The van der Waals surface area contributed by atoms with Crippen molar-refractivity contribution in [2.24, 2.45) is 0 Å². The number of phenolic OH excluding ortho intramolecular Hbond substituents is 5. The van der Waals surface area contributed by atoms with Crippen LogP contribution in [0.3, 0.4) is 0 Å². The number of ketones is 1. The number of benzene rings is 2. The molecule has 3 rings (SSSR count). The first kappa shape index (κ1) is 19.6. The van der Waals surface area contributed by atoms with Gasteiger partial charge in [0.05, 0.1) is 0 Å². The van der Waals surface area contributed by atoms with Gasteiger partial charge in [-0.3, -0.25) is 4.79 Å². The van der Waals surface area contributed by atoms with Gasteiger partial charge < -0.3 is 40.5 Å². The number of ether oxygens (including phenoxy) is 1. The number of hydrogen-bond donors (Lipinski definition) is 6. The van der Waals surface area contributed by atoms with E-state index in [0.29, 0.717) is 13.1 Å². The van der Waals surface area contributed by atoms with Crippen LogP contribution in [0.15, 0.2) is 24.3 Å². The van der Waals surface area contributed by atoms with Crippen LogP contribution in [-0.2, 0) is 0 Å². The number of nitrogens with zero attached hydrogens (tertiary/aromatic N) is 1. The summed E-state index contributed by atoms with van der Waals surface area (Å²) in [5, 5.41) is 52.2. The zero-order valence-corrected chi connectivity index (χ0v) is 15.4. The van der Waals surface area contributed by atoms with Crippen LogP contribution in [0.5, 0.6) is 34.5 Å². The summed E-state index contributed by atoms with van der Waals surface area (Å²) in [5.41, 5.74) is 0.167. The van der Waals surface area contributed by atoms with Gasteiger partial charge in [-0.15, -0.1) is 0 Å². The van der Waals surface area contributed by atoms with Crippen molar-refractivity contribution in [1.82, 2.24) is 10.2 Å². The lowest BCUT2D eigenvalue weighted by Crippen LogP contribution is -2.48. The lowest BCUT2D eigenvalue weighted by atomic mass is 9.90. The van der Waals surface area contributed by atoms with E-state index in [4.69, 9.17) is 4.74 Å². The van der Waals surface area contributed by atoms with Crippen molar-refractivity contribution in [2.45, 2.75) is 12.1 Å². The summed E-state index contributed by atoms with van der Waals surface area (Å²) >= 11 is 0. The number of carbonyl (C=O) groups excluding carboxylic acids is 1. The quantitative estimate of drug-likeness (QED) is 0.413. The molecule has 0 saturated heterocycles. The molecule has 0 spiro atoms. The number of fused-ring (bicyclic) bond motifs is 1. The largest absolute Gasteiger partial charge is 0.508 e. The number of rotatable bonds is 5. The summed E-state index contributed by atoms with van der Waals surface area (Å²) in [5.74, 6) is -2.99. The highest BCUT2D eigenvalue weighted by molar-refractivity contribution is 6.06. The fourth-order valence-corrected chi connectivity index (χ4v) is 3.12. The average Bonchev–Trinajstić information content (AvgIpc) is 2.59. The van der Waals surface area contributed by atoms with Crippen LogP contribution in [-0.4, -0.2) is 69.4 Å². The molecule has 1 aliphatic heterocycles. The summed E-state index contributed by atoms with van der Waals surface area (Å²) in [6, 6.07) is 3.68. The van der Waals surface area contributed by atoms with Crippen molar-refractivity contribution < 1.29 is 35.1 Å². The highest BCUT2D eigenvalue weighted by Crippen LogP contribution is 2.44. The number of nitrogens with one attached hydrogen (secondary N) is 1. The summed E-state index contributed by atoms with van der Waals surface area (Å²) in [4.78, 5) is 15.0. The molecule has 0 amide bonds. The van der Waals surface area contributed by atoms with Crippen LogP contribution < -0.4 is 10.1 Å². The molecule has 9 nitrogen and oxygen atoms in total. The maximum absolute atomic E-state index is 13.1. The first-order valence-corrected chi connectivity index (χ1v) is 8.58. The molecule has 28 heavy (non-hydrogen) atoms. The van der Waals surface area contributed by atoms with Gasteiger partial charge in [-0.05, 0) is 26.2 Å². The minimum Gasteiger partial charge on any atom is -0.508 e. The van der Waals surface area contributed by atoms with Crippen molar-refractivity contribution >= 4 is 5.78 Å². The molecule has 0 aliphatic carbocycles. The number of likely N-dealkylation sites (N-methyl/N-ethyl adjacent to an activating group) is 1. The third kappa shape index (κ3) is 3.62. The fraction of sp³-hybridized carbons (Fsp3) is 0.316. The predicted octanol–water partition coefficient (Wildman–Crippen LogP) is 1.05. The molecule has 0 bridgehead atoms. The van der Waals surface area contributed by atoms with Gasteiger partial charge >= 0.3 is 0 Å². The highest BCUT2D eigenvalue weighted by atomic mass is 16.5. The number of hydrogen-bond acceptors (Lipinski definition) is 9. The molecule has 2 atom stereocenters. The van der Waals surface area contributed by atoms with Gasteiger partial charge in [0.1, 0.15) is 35.0 Å². The van der Waals surface area contributed by atoms with Crippen molar-refractivity contribution in [3.8, 4) is 34.5 Å². The van der Waals surface area contributed by atoms with E-state index in [1.54, 1.807) is 0 Å². The van der Waals surface area contributed by atoms with Crippen molar-refractivity contribution in [3.05, 3.63) is 35.4 Å². The summed E-state index contributed by atoms with van der Waals surface area (Å²) < 4.78 is 5.85. The Morgan fingerprint density at radius 1 is 1.00 bits per heavy atom. The maximum Gasteiger partial charge on any atom is 0.200 e. The van der Waals surface area contributed by atoms with E-state index < -0.39 is 40.9 Å². The first-order chi connectivity index (χ1) is 13.2. The normalized spacial score (nSPS) is 18.8. The SMILES string of the molecule is CN(C)CCN[C@@H]1C(=O)c2c(O)cc(O)cc2O[C@@H]1c1cc(O)c(O)c(O)c1. The average molecular weight is 390 g/mol. The molecule has 6 N–H and O–H groups in total. The Bertz CT molecular complexity index is 890. The van der Waals surface area contributed by atoms with Crippen LogP contribution in [0, 0.1) is 0 Å². The molecule has 0 aromatic heterocycles. The lowest BCUT2D eigenvalue weighted by Gasteiger charge is -2.34. The predicted molar refractivity (Wildman–Crippen MR) is 99.3 cm³/mol. The summed E-state index contributed by atoms with van der Waals surface area (Å²) in [6.07, 6.45) is -0.985. The number of Topliss-reactive ketones (excluding diaryl/α,β-unsaturated/α-hetero) is 1. The van der Waals surface area contributed by atoms with Crippen molar-refractivity contribution in [3.63, 3.8) is 0 Å². The highest BCUT2D eigenvalue weighted by Gasteiger charge is 2.40. The van der Waals surface area contributed by atoms with E-state index in [1.165, 1.54) is 18.2 Å². The van der Waals surface area contributed by atoms with Crippen molar-refractivity contribution in [2.75, 3.05) is 27.2 Å². The number of aromatic hydroxyl groups is 5. The summed E-state index contributed by atoms with van der Waals surface area (Å²) in [7, 11) is 3.75. The Labute approximate surface area is 161 Å². The number of carbonyl (C=O) groups is 1. The van der Waals surface area contributed by atoms with Crippen molar-refractivity contribution in [1.29, 1.82) is 0 Å². The molecule has 0 unspecified atom stereocenters. The second kappa shape index (κ2) is 7.45. The molecule has 1 heterocycles.